The molecular weight excluding hydrogens is 258 g/mol. The Morgan fingerprint density at radius 2 is 2.00 bits per heavy atom. The quantitative estimate of drug-likeness (QED) is 0.672. The van der Waals surface area contributed by atoms with E-state index in [1.807, 2.05) is 0 Å². The molecule has 2 unspecified atom stereocenters. The first kappa shape index (κ1) is 15.4. The number of rotatable bonds is 4. The molecule has 0 spiro atoms. The van der Waals surface area contributed by atoms with E-state index in [1.165, 1.54) is 0 Å². The van der Waals surface area contributed by atoms with Gasteiger partial charge in [0.2, 0.25) is 0 Å². The third-order valence-electron chi connectivity index (χ3n) is 2.48. The number of ether oxygens (including phenoxy) is 1. The highest BCUT2D eigenvalue weighted by molar-refractivity contribution is 7.91. The van der Waals surface area contributed by atoms with Crippen molar-refractivity contribution in [2.24, 2.45) is 0 Å². The van der Waals surface area contributed by atoms with Crippen molar-refractivity contribution in [1.29, 1.82) is 0 Å². The summed E-state index contributed by atoms with van der Waals surface area (Å²) in [5, 5.41) is 12.4. The third-order valence-corrected chi connectivity index (χ3v) is 4.19. The molecule has 0 radical (unpaired) electrons. The molecule has 0 saturated carbocycles. The first-order chi connectivity index (χ1) is 8.09. The van der Waals surface area contributed by atoms with Crippen molar-refractivity contribution in [2.45, 2.75) is 44.9 Å². The molecule has 1 aliphatic rings. The van der Waals surface area contributed by atoms with E-state index in [0.717, 1.165) is 0 Å². The highest BCUT2D eigenvalue weighted by Crippen LogP contribution is 2.12. The fourth-order valence-corrected chi connectivity index (χ4v) is 3.55. The van der Waals surface area contributed by atoms with Crippen LogP contribution in [0.3, 0.4) is 0 Å². The van der Waals surface area contributed by atoms with Gasteiger partial charge in [0.25, 0.3) is 0 Å². The molecule has 0 aliphatic carbocycles. The molecule has 6 nitrogen and oxygen atoms in total. The summed E-state index contributed by atoms with van der Waals surface area (Å²) in [5.74, 6) is -0.634. The maximum Gasteiger partial charge on any atom is 0.307 e. The molecule has 2 N–H and O–H groups in total. The molecule has 0 aromatic heterocycles. The van der Waals surface area contributed by atoms with Crippen LogP contribution in [0, 0.1) is 0 Å². The Labute approximate surface area is 108 Å². The van der Waals surface area contributed by atoms with Gasteiger partial charge in [-0.1, -0.05) is 0 Å². The predicted octanol–water partition coefficient (Wildman–Crippen LogP) is -0.534. The monoisotopic (exact) mass is 279 g/mol. The topological polar surface area (TPSA) is 92.7 Å². The second kappa shape index (κ2) is 5.54. The van der Waals surface area contributed by atoms with Gasteiger partial charge in [-0.25, -0.2) is 8.42 Å². The smallest absolute Gasteiger partial charge is 0.307 e. The number of aliphatic hydroxyl groups excluding tert-OH is 1. The number of esters is 1. The molecule has 0 bridgehead atoms. The molecule has 1 heterocycles. The summed E-state index contributed by atoms with van der Waals surface area (Å²) in [7, 11) is -3.15. The maximum absolute atomic E-state index is 11.4. The van der Waals surface area contributed by atoms with Crippen LogP contribution in [0.4, 0.5) is 0 Å². The molecule has 1 aliphatic heterocycles. The maximum atomic E-state index is 11.4. The summed E-state index contributed by atoms with van der Waals surface area (Å²) < 4.78 is 27.6. The van der Waals surface area contributed by atoms with E-state index in [0.29, 0.717) is 6.54 Å². The number of hydrogen-bond donors (Lipinski definition) is 2. The third kappa shape index (κ3) is 5.32. The van der Waals surface area contributed by atoms with Crippen LogP contribution in [0.25, 0.3) is 0 Å². The highest BCUT2D eigenvalue weighted by atomic mass is 32.2. The summed E-state index contributed by atoms with van der Waals surface area (Å²) >= 11 is 0. The average Bonchev–Trinajstić information content (AvgIpc) is 2.36. The van der Waals surface area contributed by atoms with Crippen molar-refractivity contribution >= 4 is 15.8 Å². The Bertz CT molecular complexity index is 398. The van der Waals surface area contributed by atoms with Crippen LogP contribution in [-0.2, 0) is 19.4 Å². The van der Waals surface area contributed by atoms with Gasteiger partial charge in [-0.05, 0) is 20.8 Å². The minimum atomic E-state index is -3.15. The fourth-order valence-electron chi connectivity index (χ4n) is 1.78. The van der Waals surface area contributed by atoms with Crippen LogP contribution < -0.4 is 5.32 Å². The molecule has 18 heavy (non-hydrogen) atoms. The van der Waals surface area contributed by atoms with Crippen LogP contribution in [0.15, 0.2) is 0 Å². The second-order valence-electron chi connectivity index (χ2n) is 5.54. The van der Waals surface area contributed by atoms with Gasteiger partial charge in [0.15, 0.2) is 9.84 Å². The summed E-state index contributed by atoms with van der Waals surface area (Å²) in [6.45, 7) is 5.65. The lowest BCUT2D eigenvalue weighted by molar-refractivity contribution is -0.154. The standard InChI is InChI=1S/C11H21NO5S/c1-11(2,3)17-10(14)4-5-12-8-6-18(15,16)7-9(8)13/h8-9,12-13H,4-7H2,1-3H3. The lowest BCUT2D eigenvalue weighted by Crippen LogP contribution is -2.40. The van der Waals surface area contributed by atoms with E-state index in [4.69, 9.17) is 4.74 Å². The molecule has 7 heteroatoms. The first-order valence-corrected chi connectivity index (χ1v) is 7.75. The predicted molar refractivity (Wildman–Crippen MR) is 66.9 cm³/mol. The zero-order valence-electron chi connectivity index (χ0n) is 11.0. The molecular formula is C11H21NO5S. The molecule has 0 aromatic carbocycles. The summed E-state index contributed by atoms with van der Waals surface area (Å²) in [5.41, 5.74) is -0.521. The van der Waals surface area contributed by atoms with E-state index >= 15 is 0 Å². The Morgan fingerprint density at radius 1 is 1.39 bits per heavy atom. The number of aliphatic hydroxyl groups is 1. The normalized spacial score (nSPS) is 27.1. The lowest BCUT2D eigenvalue weighted by Gasteiger charge is -2.20. The van der Waals surface area contributed by atoms with Gasteiger partial charge in [0.1, 0.15) is 5.60 Å². The van der Waals surface area contributed by atoms with Gasteiger partial charge in [-0.3, -0.25) is 4.79 Å². The van der Waals surface area contributed by atoms with Crippen LogP contribution in [-0.4, -0.2) is 55.3 Å². The molecule has 2 atom stereocenters. The molecule has 1 rings (SSSR count). The first-order valence-electron chi connectivity index (χ1n) is 5.93. The number of nitrogens with one attached hydrogen (secondary N) is 1. The summed E-state index contributed by atoms with van der Waals surface area (Å²) in [6.07, 6.45) is -0.741. The molecule has 106 valence electrons. The minimum absolute atomic E-state index is 0.0809. The van der Waals surface area contributed by atoms with Crippen molar-refractivity contribution in [3.8, 4) is 0 Å². The number of sulfone groups is 1. The van der Waals surface area contributed by atoms with Gasteiger partial charge in [0.05, 0.1) is 24.0 Å². The Balaban J connectivity index is 2.29. The van der Waals surface area contributed by atoms with E-state index in [-0.39, 0.29) is 23.9 Å². The number of hydrogen-bond acceptors (Lipinski definition) is 6. The summed E-state index contributed by atoms with van der Waals surface area (Å²) in [6, 6.07) is -0.488. The SMILES string of the molecule is CC(C)(C)OC(=O)CCNC1CS(=O)(=O)CC1O. The molecule has 1 saturated heterocycles. The van der Waals surface area contributed by atoms with E-state index in [2.05, 4.69) is 5.32 Å². The van der Waals surface area contributed by atoms with E-state index in [9.17, 15) is 18.3 Å². The van der Waals surface area contributed by atoms with Crippen molar-refractivity contribution in [1.82, 2.24) is 5.32 Å². The number of carbonyl (C=O) groups excluding carboxylic acids is 1. The van der Waals surface area contributed by atoms with Crippen LogP contribution in [0.5, 0.6) is 0 Å². The lowest BCUT2D eigenvalue weighted by atomic mass is 10.2. The molecule has 1 fully saturated rings. The second-order valence-corrected chi connectivity index (χ2v) is 7.70. The molecule has 0 amide bonds. The largest absolute Gasteiger partial charge is 0.460 e. The van der Waals surface area contributed by atoms with Crippen molar-refractivity contribution in [3.63, 3.8) is 0 Å². The Kier molecular flexibility index (Phi) is 4.74. The Morgan fingerprint density at radius 3 is 2.44 bits per heavy atom. The van der Waals surface area contributed by atoms with E-state index in [1.54, 1.807) is 20.8 Å². The zero-order valence-corrected chi connectivity index (χ0v) is 11.8. The number of carbonyl (C=O) groups is 1. The van der Waals surface area contributed by atoms with Gasteiger partial charge in [-0.2, -0.15) is 0 Å². The summed E-state index contributed by atoms with van der Waals surface area (Å²) in [4.78, 5) is 11.4. The fraction of sp³-hybridized carbons (Fsp3) is 0.909. The highest BCUT2D eigenvalue weighted by Gasteiger charge is 2.35. The zero-order chi connectivity index (χ0) is 14.0. The Hall–Kier alpha value is -0.660. The minimum Gasteiger partial charge on any atom is -0.460 e. The van der Waals surface area contributed by atoms with Gasteiger partial charge in [-0.15, -0.1) is 0 Å². The average molecular weight is 279 g/mol. The van der Waals surface area contributed by atoms with Crippen LogP contribution in [0.1, 0.15) is 27.2 Å². The molecule has 0 aromatic rings. The van der Waals surface area contributed by atoms with E-state index < -0.39 is 27.6 Å². The van der Waals surface area contributed by atoms with Crippen molar-refractivity contribution < 1.29 is 23.1 Å². The van der Waals surface area contributed by atoms with Crippen LogP contribution >= 0.6 is 0 Å². The van der Waals surface area contributed by atoms with Gasteiger partial charge >= 0.3 is 5.97 Å². The van der Waals surface area contributed by atoms with Crippen LogP contribution in [0.2, 0.25) is 0 Å². The van der Waals surface area contributed by atoms with Gasteiger partial charge < -0.3 is 15.2 Å². The van der Waals surface area contributed by atoms with Gasteiger partial charge in [0, 0.05) is 12.6 Å². The van der Waals surface area contributed by atoms with Crippen molar-refractivity contribution in [3.05, 3.63) is 0 Å². The van der Waals surface area contributed by atoms with Crippen molar-refractivity contribution in [2.75, 3.05) is 18.1 Å².